The minimum absolute atomic E-state index is 0.0696. The number of rotatable bonds is 4. The number of aromatic hydroxyl groups is 1. The van der Waals surface area contributed by atoms with Gasteiger partial charge in [0.1, 0.15) is 6.07 Å². The third kappa shape index (κ3) is 3.61. The van der Waals surface area contributed by atoms with Crippen molar-refractivity contribution in [3.63, 3.8) is 0 Å². The van der Waals surface area contributed by atoms with E-state index in [9.17, 15) is 10.4 Å². The Kier molecular flexibility index (Phi) is 4.74. The molecule has 0 saturated heterocycles. The summed E-state index contributed by atoms with van der Waals surface area (Å²) < 4.78 is 5.34. The molecule has 2 aromatic rings. The molecule has 0 bridgehead atoms. The lowest BCUT2D eigenvalue weighted by Crippen LogP contribution is -1.97. The highest BCUT2D eigenvalue weighted by molar-refractivity contribution is 5.87. The Bertz CT molecular complexity index is 741. The maximum atomic E-state index is 9.71. The number of phenolic OH excluding ortho intramolecular Hbond substituents is 1. The molecule has 0 atom stereocenters. The van der Waals surface area contributed by atoms with Crippen LogP contribution in [-0.4, -0.2) is 21.7 Å². The van der Waals surface area contributed by atoms with E-state index >= 15 is 0 Å². The van der Waals surface area contributed by atoms with E-state index in [0.29, 0.717) is 23.8 Å². The van der Waals surface area contributed by atoms with E-state index in [-0.39, 0.29) is 5.75 Å². The molecule has 0 spiro atoms. The Morgan fingerprint density at radius 1 is 1.27 bits per heavy atom. The van der Waals surface area contributed by atoms with Crippen LogP contribution in [0, 0.1) is 25.2 Å². The molecule has 1 N–H and O–H groups in total. The van der Waals surface area contributed by atoms with Gasteiger partial charge in [-0.1, -0.05) is 6.07 Å². The molecule has 2 rings (SSSR count). The van der Waals surface area contributed by atoms with Crippen LogP contribution in [0.4, 0.5) is 0 Å². The second-order valence-electron chi connectivity index (χ2n) is 4.80. The fourth-order valence-electron chi connectivity index (χ4n) is 2.05. The van der Waals surface area contributed by atoms with Crippen LogP contribution in [0.15, 0.2) is 24.3 Å². The smallest absolute Gasteiger partial charge is 0.170 e. The van der Waals surface area contributed by atoms with E-state index in [0.717, 1.165) is 17.0 Å². The van der Waals surface area contributed by atoms with Gasteiger partial charge in [-0.25, -0.2) is 9.97 Å². The summed E-state index contributed by atoms with van der Waals surface area (Å²) in [5, 5.41) is 19.1. The monoisotopic (exact) mass is 295 g/mol. The van der Waals surface area contributed by atoms with Crippen molar-refractivity contribution in [1.82, 2.24) is 9.97 Å². The van der Waals surface area contributed by atoms with Gasteiger partial charge in [0.2, 0.25) is 0 Å². The van der Waals surface area contributed by atoms with Crippen molar-refractivity contribution in [3.05, 3.63) is 47.0 Å². The van der Waals surface area contributed by atoms with Crippen molar-refractivity contribution in [3.8, 4) is 17.6 Å². The minimum Gasteiger partial charge on any atom is -0.504 e. The Balaban J connectivity index is 2.45. The number of allylic oxidation sites excluding steroid dienone is 1. The average Bonchev–Trinajstić information content (AvgIpc) is 2.47. The molecular formula is C17H17N3O2. The van der Waals surface area contributed by atoms with Crippen LogP contribution < -0.4 is 4.74 Å². The predicted molar refractivity (Wildman–Crippen MR) is 84.3 cm³/mol. The van der Waals surface area contributed by atoms with Gasteiger partial charge in [0.05, 0.1) is 12.2 Å². The molecule has 0 amide bonds. The third-order valence-electron chi connectivity index (χ3n) is 2.94. The molecule has 5 heteroatoms. The van der Waals surface area contributed by atoms with E-state index in [1.54, 1.807) is 18.2 Å². The maximum Gasteiger partial charge on any atom is 0.170 e. The highest BCUT2D eigenvalue weighted by Gasteiger charge is 2.08. The van der Waals surface area contributed by atoms with Gasteiger partial charge in [-0.05, 0) is 50.6 Å². The minimum atomic E-state index is 0.0696. The lowest BCUT2D eigenvalue weighted by atomic mass is 10.1. The largest absolute Gasteiger partial charge is 0.504 e. The summed E-state index contributed by atoms with van der Waals surface area (Å²) in [5.41, 5.74) is 2.72. The van der Waals surface area contributed by atoms with Crippen molar-refractivity contribution in [2.45, 2.75) is 20.8 Å². The number of aryl methyl sites for hydroxylation is 2. The molecule has 22 heavy (non-hydrogen) atoms. The number of benzene rings is 1. The number of hydrogen-bond donors (Lipinski definition) is 1. The third-order valence-corrected chi connectivity index (χ3v) is 2.94. The first kappa shape index (κ1) is 15.5. The fourth-order valence-corrected chi connectivity index (χ4v) is 2.05. The summed E-state index contributed by atoms with van der Waals surface area (Å²) in [4.78, 5) is 8.59. The predicted octanol–water partition coefficient (Wildman–Crippen LogP) is 3.26. The van der Waals surface area contributed by atoms with Crippen LogP contribution in [-0.2, 0) is 0 Å². The Morgan fingerprint density at radius 2 is 1.95 bits per heavy atom. The molecule has 5 nitrogen and oxygen atoms in total. The van der Waals surface area contributed by atoms with Crippen LogP contribution >= 0.6 is 0 Å². The Labute approximate surface area is 129 Å². The van der Waals surface area contributed by atoms with E-state index in [1.165, 1.54) is 6.07 Å². The average molecular weight is 295 g/mol. The number of hydrogen-bond acceptors (Lipinski definition) is 5. The van der Waals surface area contributed by atoms with Crippen molar-refractivity contribution >= 4 is 11.6 Å². The van der Waals surface area contributed by atoms with E-state index in [4.69, 9.17) is 4.74 Å². The van der Waals surface area contributed by atoms with Crippen molar-refractivity contribution in [2.75, 3.05) is 6.61 Å². The van der Waals surface area contributed by atoms with Gasteiger partial charge >= 0.3 is 0 Å². The highest BCUT2D eigenvalue weighted by atomic mass is 16.5. The number of aromatic nitrogens is 2. The van der Waals surface area contributed by atoms with Crippen molar-refractivity contribution in [2.24, 2.45) is 0 Å². The van der Waals surface area contributed by atoms with Gasteiger partial charge in [-0.15, -0.1) is 0 Å². The zero-order chi connectivity index (χ0) is 16.1. The summed E-state index contributed by atoms with van der Waals surface area (Å²) in [5.74, 6) is 0.848. The van der Waals surface area contributed by atoms with Crippen LogP contribution in [0.3, 0.4) is 0 Å². The molecule has 112 valence electrons. The highest BCUT2D eigenvalue weighted by Crippen LogP contribution is 2.28. The van der Waals surface area contributed by atoms with Crippen LogP contribution in [0.5, 0.6) is 11.5 Å². The second-order valence-corrected chi connectivity index (χ2v) is 4.80. The van der Waals surface area contributed by atoms with Gasteiger partial charge in [-0.2, -0.15) is 5.26 Å². The number of ether oxygens (including phenoxy) is 1. The van der Waals surface area contributed by atoms with Crippen LogP contribution in [0.1, 0.15) is 29.7 Å². The SMILES string of the molecule is CCOc1cc(C=C(C#N)c2nc(C)cc(C)n2)ccc1O. The van der Waals surface area contributed by atoms with Crippen molar-refractivity contribution < 1.29 is 9.84 Å². The van der Waals surface area contributed by atoms with Crippen molar-refractivity contribution in [1.29, 1.82) is 5.26 Å². The summed E-state index contributed by atoms with van der Waals surface area (Å²) in [7, 11) is 0. The molecule has 0 saturated carbocycles. The summed E-state index contributed by atoms with van der Waals surface area (Å²) in [6.07, 6.45) is 1.68. The number of nitrogens with zero attached hydrogens (tertiary/aromatic N) is 3. The van der Waals surface area contributed by atoms with Gasteiger partial charge in [0, 0.05) is 11.4 Å². The van der Waals surface area contributed by atoms with Crippen LogP contribution in [0.25, 0.3) is 11.6 Å². The van der Waals surface area contributed by atoms with Gasteiger partial charge in [0.25, 0.3) is 0 Å². The first-order chi connectivity index (χ1) is 10.5. The van der Waals surface area contributed by atoms with Gasteiger partial charge in [-0.3, -0.25) is 0 Å². The maximum absolute atomic E-state index is 9.71. The summed E-state index contributed by atoms with van der Waals surface area (Å²) in [6.45, 7) is 6.01. The molecule has 0 aliphatic heterocycles. The standard InChI is InChI=1S/C17H17N3O2/c1-4-22-16-9-13(5-6-15(16)21)8-14(10-18)17-19-11(2)7-12(3)20-17/h5-9,21H,4H2,1-3H3. The second kappa shape index (κ2) is 6.72. The van der Waals surface area contributed by atoms with E-state index in [1.807, 2.05) is 26.8 Å². The lowest BCUT2D eigenvalue weighted by Gasteiger charge is -2.07. The zero-order valence-electron chi connectivity index (χ0n) is 12.8. The first-order valence-corrected chi connectivity index (χ1v) is 6.93. The zero-order valence-corrected chi connectivity index (χ0v) is 12.8. The fraction of sp³-hybridized carbons (Fsp3) is 0.235. The Hall–Kier alpha value is -2.87. The Morgan fingerprint density at radius 3 is 2.55 bits per heavy atom. The van der Waals surface area contributed by atoms with Gasteiger partial charge in [0.15, 0.2) is 17.3 Å². The quantitative estimate of drug-likeness (QED) is 0.876. The van der Waals surface area contributed by atoms with E-state index < -0.39 is 0 Å². The normalized spacial score (nSPS) is 11.1. The summed E-state index contributed by atoms with van der Waals surface area (Å²) >= 11 is 0. The molecule has 1 aromatic heterocycles. The van der Waals surface area contributed by atoms with E-state index in [2.05, 4.69) is 16.0 Å². The topological polar surface area (TPSA) is 79.0 Å². The number of phenols is 1. The molecule has 0 fully saturated rings. The molecule has 0 unspecified atom stereocenters. The molecule has 0 aliphatic rings. The molecule has 1 aromatic carbocycles. The van der Waals surface area contributed by atoms with Crippen LogP contribution in [0.2, 0.25) is 0 Å². The van der Waals surface area contributed by atoms with Gasteiger partial charge < -0.3 is 9.84 Å². The summed E-state index contributed by atoms with van der Waals surface area (Å²) in [6, 6.07) is 8.90. The lowest BCUT2D eigenvalue weighted by molar-refractivity contribution is 0.318. The molecule has 0 aliphatic carbocycles. The number of nitriles is 1. The first-order valence-electron chi connectivity index (χ1n) is 6.93. The molecular weight excluding hydrogens is 278 g/mol. The molecule has 0 radical (unpaired) electrons. The molecule has 1 heterocycles.